The number of nitrogens with one attached hydrogen (secondary N) is 1. The first kappa shape index (κ1) is 19.9. The van der Waals surface area contributed by atoms with Gasteiger partial charge in [-0.1, -0.05) is 41.9 Å². The van der Waals surface area contributed by atoms with E-state index in [1.807, 2.05) is 37.4 Å². The van der Waals surface area contributed by atoms with Gasteiger partial charge in [0.1, 0.15) is 0 Å². The van der Waals surface area contributed by atoms with Gasteiger partial charge in [0, 0.05) is 24.7 Å². The number of halogens is 1. The predicted molar refractivity (Wildman–Crippen MR) is 106 cm³/mol. The fraction of sp³-hybridized carbons (Fsp3) is 0.350. The van der Waals surface area contributed by atoms with Gasteiger partial charge in [0.25, 0.3) is 0 Å². The summed E-state index contributed by atoms with van der Waals surface area (Å²) in [6.07, 6.45) is 0.702. The summed E-state index contributed by atoms with van der Waals surface area (Å²) in [5.41, 5.74) is 1.19. The molecule has 0 radical (unpaired) electrons. The molecule has 1 saturated carbocycles. The molecule has 7 heteroatoms. The van der Waals surface area contributed by atoms with Gasteiger partial charge in [-0.15, -0.1) is 0 Å². The second-order valence-electron chi connectivity index (χ2n) is 6.93. The van der Waals surface area contributed by atoms with Gasteiger partial charge in [0.05, 0.1) is 4.90 Å². The lowest BCUT2D eigenvalue weighted by atomic mass is 10.2. The molecule has 1 aliphatic rings. The highest BCUT2D eigenvalue weighted by molar-refractivity contribution is 7.94. The van der Waals surface area contributed by atoms with Gasteiger partial charge in [-0.2, -0.15) is 0 Å². The van der Waals surface area contributed by atoms with Crippen LogP contribution in [0.5, 0.6) is 0 Å². The number of benzene rings is 2. The van der Waals surface area contributed by atoms with Gasteiger partial charge in [0.15, 0.2) is 14.6 Å². The number of sulfone groups is 1. The summed E-state index contributed by atoms with van der Waals surface area (Å²) in [6.45, 7) is 1.81. The molecule has 1 amide bonds. The van der Waals surface area contributed by atoms with Crippen LogP contribution in [-0.4, -0.2) is 44.1 Å². The third kappa shape index (κ3) is 4.34. The van der Waals surface area contributed by atoms with Crippen molar-refractivity contribution in [3.63, 3.8) is 0 Å². The van der Waals surface area contributed by atoms with Crippen molar-refractivity contribution in [1.29, 1.82) is 0 Å². The smallest absolute Gasteiger partial charge is 0.241 e. The molecule has 0 spiro atoms. The van der Waals surface area contributed by atoms with E-state index >= 15 is 0 Å². The summed E-state index contributed by atoms with van der Waals surface area (Å²) in [7, 11) is -1.76. The first-order valence-electron chi connectivity index (χ1n) is 8.86. The number of hydrogen-bond donors (Lipinski definition) is 1. The molecule has 0 aliphatic heterocycles. The van der Waals surface area contributed by atoms with Crippen molar-refractivity contribution in [1.82, 2.24) is 10.2 Å². The van der Waals surface area contributed by atoms with Crippen molar-refractivity contribution < 1.29 is 13.2 Å². The minimum absolute atomic E-state index is 0.140. The Morgan fingerprint density at radius 1 is 1.11 bits per heavy atom. The fourth-order valence-electron chi connectivity index (χ4n) is 3.07. The number of nitrogens with zero attached hydrogens (tertiary/aromatic N) is 1. The molecule has 144 valence electrons. The molecule has 1 aliphatic carbocycles. The Morgan fingerprint density at radius 2 is 1.74 bits per heavy atom. The molecular weight excluding hydrogens is 384 g/mol. The topological polar surface area (TPSA) is 66.5 Å². The van der Waals surface area contributed by atoms with Gasteiger partial charge < -0.3 is 10.2 Å². The summed E-state index contributed by atoms with van der Waals surface area (Å²) in [5, 5.41) is 3.27. The van der Waals surface area contributed by atoms with E-state index in [1.54, 1.807) is 0 Å². The highest BCUT2D eigenvalue weighted by Crippen LogP contribution is 2.47. The van der Waals surface area contributed by atoms with E-state index in [0.29, 0.717) is 31.0 Å². The molecule has 1 N–H and O–H groups in total. The summed E-state index contributed by atoms with van der Waals surface area (Å²) in [4.78, 5) is 14.8. The number of carbonyl (C=O) groups is 1. The molecule has 2 aromatic carbocycles. The number of rotatable bonds is 8. The second-order valence-corrected chi connectivity index (χ2v) is 9.63. The third-order valence-electron chi connectivity index (χ3n) is 4.83. The molecule has 0 unspecified atom stereocenters. The standard InChI is InChI=1S/C20H23ClN2O3S/c1-23(15-16-5-3-2-4-6-16)14-13-22-19(24)20(11-12-20)27(25,26)18-9-7-17(21)8-10-18/h2-10H,11-15H2,1H3,(H,22,24). The Bertz CT molecular complexity index is 895. The van der Waals surface area contributed by atoms with E-state index in [9.17, 15) is 13.2 Å². The summed E-state index contributed by atoms with van der Waals surface area (Å²) in [5.74, 6) is -0.412. The second kappa shape index (κ2) is 8.00. The zero-order valence-corrected chi connectivity index (χ0v) is 16.8. The van der Waals surface area contributed by atoms with Crippen LogP contribution >= 0.6 is 11.6 Å². The lowest BCUT2D eigenvalue weighted by Crippen LogP contribution is -2.44. The zero-order chi connectivity index (χ0) is 19.5. The summed E-state index contributed by atoms with van der Waals surface area (Å²) in [6, 6.07) is 16.0. The maximum Gasteiger partial charge on any atom is 0.241 e. The minimum atomic E-state index is -3.73. The fourth-order valence-corrected chi connectivity index (χ4v) is 5.09. The normalized spacial score (nSPS) is 15.5. The van der Waals surface area contributed by atoms with Gasteiger partial charge in [-0.05, 0) is 49.7 Å². The quantitative estimate of drug-likeness (QED) is 0.732. The number of hydrogen-bond acceptors (Lipinski definition) is 4. The Kier molecular flexibility index (Phi) is 5.89. The maximum absolute atomic E-state index is 12.9. The van der Waals surface area contributed by atoms with E-state index in [4.69, 9.17) is 11.6 Å². The van der Waals surface area contributed by atoms with Crippen molar-refractivity contribution in [3.05, 3.63) is 65.2 Å². The predicted octanol–water partition coefficient (Wildman–Crippen LogP) is 2.89. The van der Waals surface area contributed by atoms with E-state index in [0.717, 1.165) is 6.54 Å². The van der Waals surface area contributed by atoms with Crippen molar-refractivity contribution in [2.75, 3.05) is 20.1 Å². The molecule has 0 bridgehead atoms. The van der Waals surface area contributed by atoms with Crippen LogP contribution in [-0.2, 0) is 21.2 Å². The Hall–Kier alpha value is -1.89. The maximum atomic E-state index is 12.9. The molecule has 0 heterocycles. The van der Waals surface area contributed by atoms with Crippen LogP contribution < -0.4 is 5.32 Å². The Labute approximate surface area is 165 Å². The van der Waals surface area contributed by atoms with E-state index in [2.05, 4.69) is 10.2 Å². The molecule has 0 saturated heterocycles. The molecule has 3 rings (SSSR count). The van der Waals surface area contributed by atoms with Crippen molar-refractivity contribution in [2.24, 2.45) is 0 Å². The van der Waals surface area contributed by atoms with Gasteiger partial charge >= 0.3 is 0 Å². The van der Waals surface area contributed by atoms with Crippen LogP contribution in [0.4, 0.5) is 0 Å². The van der Waals surface area contributed by atoms with E-state index < -0.39 is 20.5 Å². The van der Waals surface area contributed by atoms with Crippen LogP contribution in [0, 0.1) is 0 Å². The lowest BCUT2D eigenvalue weighted by molar-refractivity contribution is -0.121. The monoisotopic (exact) mass is 406 g/mol. The van der Waals surface area contributed by atoms with Crippen LogP contribution in [0.1, 0.15) is 18.4 Å². The Balaban J connectivity index is 1.56. The first-order valence-corrected chi connectivity index (χ1v) is 10.7. The van der Waals surface area contributed by atoms with E-state index in [1.165, 1.54) is 29.8 Å². The largest absolute Gasteiger partial charge is 0.353 e. The minimum Gasteiger partial charge on any atom is -0.353 e. The molecule has 2 aromatic rings. The van der Waals surface area contributed by atoms with Gasteiger partial charge in [0.2, 0.25) is 5.91 Å². The average molecular weight is 407 g/mol. The molecule has 0 aromatic heterocycles. The van der Waals surface area contributed by atoms with Crippen LogP contribution in [0.2, 0.25) is 5.02 Å². The number of carbonyl (C=O) groups excluding carboxylic acids is 1. The zero-order valence-electron chi connectivity index (χ0n) is 15.2. The molecule has 5 nitrogen and oxygen atoms in total. The van der Waals surface area contributed by atoms with Crippen LogP contribution in [0.3, 0.4) is 0 Å². The Morgan fingerprint density at radius 3 is 2.33 bits per heavy atom. The third-order valence-corrected chi connectivity index (χ3v) is 7.60. The summed E-state index contributed by atoms with van der Waals surface area (Å²) >= 11 is 5.83. The highest BCUT2D eigenvalue weighted by Gasteiger charge is 2.61. The van der Waals surface area contributed by atoms with Crippen LogP contribution in [0.15, 0.2) is 59.5 Å². The van der Waals surface area contributed by atoms with Crippen molar-refractivity contribution >= 4 is 27.3 Å². The SMILES string of the molecule is CN(CCNC(=O)C1(S(=O)(=O)c2ccc(Cl)cc2)CC1)Cc1ccccc1. The molecule has 0 atom stereocenters. The summed E-state index contributed by atoms with van der Waals surface area (Å²) < 4.78 is 24.5. The lowest BCUT2D eigenvalue weighted by Gasteiger charge is -2.19. The molecule has 1 fully saturated rings. The molecular formula is C20H23ClN2O3S. The van der Waals surface area contributed by atoms with Gasteiger partial charge in [-0.3, -0.25) is 4.79 Å². The first-order chi connectivity index (χ1) is 12.8. The molecule has 27 heavy (non-hydrogen) atoms. The average Bonchev–Trinajstić information content (AvgIpc) is 3.45. The number of amides is 1. The van der Waals surface area contributed by atoms with Crippen LogP contribution in [0.25, 0.3) is 0 Å². The van der Waals surface area contributed by atoms with Gasteiger partial charge in [-0.25, -0.2) is 8.42 Å². The number of likely N-dealkylation sites (N-methyl/N-ethyl adjacent to an activating group) is 1. The van der Waals surface area contributed by atoms with E-state index in [-0.39, 0.29) is 4.90 Å². The highest BCUT2D eigenvalue weighted by atomic mass is 35.5. The van der Waals surface area contributed by atoms with Crippen molar-refractivity contribution in [2.45, 2.75) is 29.0 Å². The van der Waals surface area contributed by atoms with Crippen molar-refractivity contribution in [3.8, 4) is 0 Å².